The molecule has 2 aromatic carbocycles. The molecule has 0 spiro atoms. The van der Waals surface area contributed by atoms with Crippen molar-refractivity contribution in [2.24, 2.45) is 0 Å². The van der Waals surface area contributed by atoms with Gasteiger partial charge in [-0.05, 0) is 55.0 Å². The Morgan fingerprint density at radius 2 is 1.95 bits per heavy atom. The number of benzene rings is 2. The molecule has 1 aliphatic rings. The van der Waals surface area contributed by atoms with E-state index in [-0.39, 0.29) is 13.2 Å². The molecular weight excluding hydrogens is 521 g/mol. The van der Waals surface area contributed by atoms with Gasteiger partial charge in [0.2, 0.25) is 0 Å². The van der Waals surface area contributed by atoms with E-state index < -0.39 is 19.1 Å². The minimum atomic E-state index is -1.59. The molecule has 0 radical (unpaired) electrons. The Hall–Kier alpha value is -3.62. The van der Waals surface area contributed by atoms with Crippen LogP contribution in [-0.4, -0.2) is 50.7 Å². The summed E-state index contributed by atoms with van der Waals surface area (Å²) in [6.07, 6.45) is 5.43. The van der Waals surface area contributed by atoms with Crippen molar-refractivity contribution >= 4 is 30.2 Å². The molecule has 0 unspecified atom stereocenters. The fourth-order valence-electron chi connectivity index (χ4n) is 4.71. The smallest absolute Gasteiger partial charge is 0.488 e. The van der Waals surface area contributed by atoms with Crippen LogP contribution in [0.5, 0.6) is 11.5 Å². The number of carbonyl (C=O) groups is 1. The standard InChI is InChI=1S/C28H29BClN3O6/c1-18-21(5-4-6-23(18)29(36)37)17-39-27-11-26(38-16-20-9-19(12-31)13-32-14-20)22(10-24(27)30)15-33-8-3-2-7-25(33)28(34)35/h4-6,9-11,13-14,25,36-37H,2-3,7-8,15-17H2,1H3,(H,34,35)/t25-/m0/s1. The first-order chi connectivity index (χ1) is 18.8. The van der Waals surface area contributed by atoms with Crippen molar-refractivity contribution in [3.63, 3.8) is 0 Å². The van der Waals surface area contributed by atoms with Gasteiger partial charge in [-0.2, -0.15) is 5.26 Å². The van der Waals surface area contributed by atoms with Crippen LogP contribution in [0.25, 0.3) is 0 Å². The maximum absolute atomic E-state index is 11.9. The van der Waals surface area contributed by atoms with Gasteiger partial charge in [0, 0.05) is 36.1 Å². The fourth-order valence-corrected chi connectivity index (χ4v) is 4.95. The minimum Gasteiger partial charge on any atom is -0.488 e. The Kier molecular flexibility index (Phi) is 9.43. The molecule has 0 bridgehead atoms. The number of halogens is 1. The summed E-state index contributed by atoms with van der Waals surface area (Å²) < 4.78 is 12.2. The molecule has 3 N–H and O–H groups in total. The summed E-state index contributed by atoms with van der Waals surface area (Å²) in [5.74, 6) is -0.0157. The van der Waals surface area contributed by atoms with Gasteiger partial charge in [0.1, 0.15) is 36.8 Å². The molecule has 3 aromatic rings. The monoisotopic (exact) mass is 549 g/mol. The van der Waals surface area contributed by atoms with Crippen LogP contribution >= 0.6 is 11.6 Å². The molecule has 202 valence electrons. The Balaban J connectivity index is 1.61. The maximum atomic E-state index is 11.9. The number of piperidine rings is 1. The third kappa shape index (κ3) is 7.08. The van der Waals surface area contributed by atoms with Crippen LogP contribution in [0.2, 0.25) is 5.02 Å². The minimum absolute atomic E-state index is 0.131. The zero-order chi connectivity index (χ0) is 27.9. The second kappa shape index (κ2) is 13.0. The first-order valence-electron chi connectivity index (χ1n) is 12.6. The number of pyridine rings is 1. The SMILES string of the molecule is Cc1c(COc2cc(OCc3cncc(C#N)c3)c(CN3CCCC[C@H]3C(=O)O)cc2Cl)cccc1B(O)O. The zero-order valence-electron chi connectivity index (χ0n) is 21.5. The second-order valence-corrected chi connectivity index (χ2v) is 9.89. The molecule has 1 aliphatic heterocycles. The molecule has 11 heteroatoms. The van der Waals surface area contributed by atoms with E-state index in [2.05, 4.69) is 11.1 Å². The highest BCUT2D eigenvalue weighted by Crippen LogP contribution is 2.35. The number of aromatic nitrogens is 1. The largest absolute Gasteiger partial charge is 0.488 e. The van der Waals surface area contributed by atoms with Crippen LogP contribution in [0.15, 0.2) is 48.8 Å². The number of carboxylic acids is 1. The van der Waals surface area contributed by atoms with Crippen LogP contribution in [0.3, 0.4) is 0 Å². The fraction of sp³-hybridized carbons (Fsp3) is 0.321. The number of ether oxygens (including phenoxy) is 2. The van der Waals surface area contributed by atoms with Crippen molar-refractivity contribution in [2.75, 3.05) is 6.54 Å². The molecular formula is C28H29BClN3O6. The summed E-state index contributed by atoms with van der Waals surface area (Å²) >= 11 is 6.62. The Labute approximate surface area is 232 Å². The summed E-state index contributed by atoms with van der Waals surface area (Å²) in [5, 5.41) is 38.5. The van der Waals surface area contributed by atoms with Crippen molar-refractivity contribution in [2.45, 2.75) is 52.0 Å². The van der Waals surface area contributed by atoms with Gasteiger partial charge >= 0.3 is 13.1 Å². The second-order valence-electron chi connectivity index (χ2n) is 9.49. The van der Waals surface area contributed by atoms with Crippen molar-refractivity contribution < 1.29 is 29.4 Å². The molecule has 4 rings (SSSR count). The molecule has 1 aromatic heterocycles. The number of rotatable bonds is 10. The van der Waals surface area contributed by atoms with Crippen molar-refractivity contribution in [3.8, 4) is 17.6 Å². The average Bonchev–Trinajstić information content (AvgIpc) is 2.92. The van der Waals surface area contributed by atoms with Gasteiger partial charge in [0.25, 0.3) is 0 Å². The molecule has 0 amide bonds. The van der Waals surface area contributed by atoms with Crippen LogP contribution in [-0.2, 0) is 24.6 Å². The van der Waals surface area contributed by atoms with Crippen LogP contribution in [0.4, 0.5) is 0 Å². The van der Waals surface area contributed by atoms with E-state index in [4.69, 9.17) is 21.1 Å². The molecule has 9 nitrogen and oxygen atoms in total. The number of aliphatic carboxylic acids is 1. The van der Waals surface area contributed by atoms with Gasteiger partial charge in [-0.3, -0.25) is 14.7 Å². The highest BCUT2D eigenvalue weighted by molar-refractivity contribution is 6.59. The van der Waals surface area contributed by atoms with Gasteiger partial charge in [0.05, 0.1) is 10.6 Å². The van der Waals surface area contributed by atoms with Gasteiger partial charge in [-0.15, -0.1) is 0 Å². The Bertz CT molecular complexity index is 1380. The van der Waals surface area contributed by atoms with Crippen molar-refractivity contribution in [1.82, 2.24) is 9.88 Å². The number of nitriles is 1. The lowest BCUT2D eigenvalue weighted by Crippen LogP contribution is -2.44. The lowest BCUT2D eigenvalue weighted by molar-refractivity contribution is -0.144. The van der Waals surface area contributed by atoms with Gasteiger partial charge in [-0.25, -0.2) is 0 Å². The molecule has 0 saturated carbocycles. The van der Waals surface area contributed by atoms with E-state index >= 15 is 0 Å². The van der Waals surface area contributed by atoms with E-state index in [1.165, 1.54) is 6.20 Å². The van der Waals surface area contributed by atoms with Gasteiger partial charge in [-0.1, -0.05) is 36.2 Å². The molecule has 0 aliphatic carbocycles. The van der Waals surface area contributed by atoms with E-state index in [1.807, 2.05) is 11.0 Å². The zero-order valence-corrected chi connectivity index (χ0v) is 22.3. The lowest BCUT2D eigenvalue weighted by Gasteiger charge is -2.33. The van der Waals surface area contributed by atoms with Gasteiger partial charge in [0.15, 0.2) is 0 Å². The van der Waals surface area contributed by atoms with E-state index in [0.29, 0.717) is 63.7 Å². The Morgan fingerprint density at radius 1 is 1.15 bits per heavy atom. The lowest BCUT2D eigenvalue weighted by atomic mass is 9.76. The number of likely N-dealkylation sites (tertiary alicyclic amines) is 1. The third-order valence-electron chi connectivity index (χ3n) is 6.85. The first-order valence-corrected chi connectivity index (χ1v) is 13.0. The normalized spacial score (nSPS) is 15.4. The quantitative estimate of drug-likeness (QED) is 0.326. The predicted octanol–water partition coefficient (Wildman–Crippen LogP) is 3.19. The van der Waals surface area contributed by atoms with Crippen molar-refractivity contribution in [1.29, 1.82) is 5.26 Å². The average molecular weight is 550 g/mol. The summed E-state index contributed by atoms with van der Waals surface area (Å²) in [5.41, 5.74) is 3.69. The number of nitrogens with zero attached hydrogens (tertiary/aromatic N) is 3. The van der Waals surface area contributed by atoms with Crippen LogP contribution < -0.4 is 14.9 Å². The summed E-state index contributed by atoms with van der Waals surface area (Å²) in [4.78, 5) is 17.9. The summed E-state index contributed by atoms with van der Waals surface area (Å²) in [6.45, 7) is 3.03. The molecule has 2 heterocycles. The highest BCUT2D eigenvalue weighted by atomic mass is 35.5. The topological polar surface area (TPSA) is 136 Å². The van der Waals surface area contributed by atoms with E-state index in [9.17, 15) is 25.2 Å². The molecule has 1 saturated heterocycles. The number of carboxylic acid groups (broad SMARTS) is 1. The van der Waals surface area contributed by atoms with E-state index in [1.54, 1.807) is 43.5 Å². The first kappa shape index (κ1) is 28.4. The summed E-state index contributed by atoms with van der Waals surface area (Å²) in [6, 6.07) is 11.8. The number of hydrogen-bond acceptors (Lipinski definition) is 8. The van der Waals surface area contributed by atoms with Crippen LogP contribution in [0.1, 0.15) is 47.1 Å². The predicted molar refractivity (Wildman–Crippen MR) is 146 cm³/mol. The highest BCUT2D eigenvalue weighted by Gasteiger charge is 2.29. The van der Waals surface area contributed by atoms with Crippen LogP contribution in [0, 0.1) is 18.3 Å². The van der Waals surface area contributed by atoms with Crippen molar-refractivity contribution in [3.05, 3.63) is 81.6 Å². The Morgan fingerprint density at radius 3 is 2.69 bits per heavy atom. The molecule has 1 atom stereocenters. The van der Waals surface area contributed by atoms with E-state index in [0.717, 1.165) is 18.4 Å². The molecule has 39 heavy (non-hydrogen) atoms. The third-order valence-corrected chi connectivity index (χ3v) is 7.15. The number of hydrogen-bond donors (Lipinski definition) is 3. The molecule has 1 fully saturated rings. The maximum Gasteiger partial charge on any atom is 0.488 e. The van der Waals surface area contributed by atoms with Gasteiger partial charge < -0.3 is 24.6 Å². The summed E-state index contributed by atoms with van der Waals surface area (Å²) in [7, 11) is -1.59.